The van der Waals surface area contributed by atoms with Crippen LogP contribution in [0.2, 0.25) is 0 Å². The summed E-state index contributed by atoms with van der Waals surface area (Å²) in [6.07, 6.45) is -0.206. The van der Waals surface area contributed by atoms with Crippen molar-refractivity contribution in [2.24, 2.45) is 5.73 Å². The van der Waals surface area contributed by atoms with Gasteiger partial charge < -0.3 is 10.5 Å². The summed E-state index contributed by atoms with van der Waals surface area (Å²) in [5.41, 5.74) is 9.85. The molecule has 0 heterocycles. The number of nitrogens with one attached hydrogen (secondary N) is 2. The van der Waals surface area contributed by atoms with Crippen LogP contribution in [0.15, 0.2) is 60.2 Å². The Morgan fingerprint density at radius 3 is 2.29 bits per heavy atom. The van der Waals surface area contributed by atoms with Gasteiger partial charge in [0.15, 0.2) is 0 Å². The van der Waals surface area contributed by atoms with Crippen molar-refractivity contribution < 1.29 is 14.7 Å². The number of nitrogens with two attached hydrogens (primary N) is 1. The smallest absolute Gasteiger partial charge is 0.247 e. The molecule has 0 aromatic heterocycles. The number of ether oxygens (including phenoxy) is 1. The van der Waals surface area contributed by atoms with Gasteiger partial charge in [0.1, 0.15) is 5.75 Å². The zero-order chi connectivity index (χ0) is 17.5. The molecular weight excluding hydrogens is 306 g/mol. The Labute approximate surface area is 140 Å². The van der Waals surface area contributed by atoms with E-state index in [0.717, 1.165) is 0 Å². The second-order valence-electron chi connectivity index (χ2n) is 5.07. The summed E-state index contributed by atoms with van der Waals surface area (Å²) in [5, 5.41) is 17.2. The molecule has 0 saturated heterocycles. The lowest BCUT2D eigenvalue weighted by atomic mass is 9.95. The topological polar surface area (TPSA) is 108 Å². The highest BCUT2D eigenvalue weighted by atomic mass is 16.5. The maximum absolute atomic E-state index is 11.6. The largest absolute Gasteiger partial charge is 0.497 e. The molecule has 0 radical (unpaired) electrons. The maximum Gasteiger partial charge on any atom is 0.247 e. The molecule has 6 nitrogen and oxygen atoms in total. The van der Waals surface area contributed by atoms with Crippen molar-refractivity contribution in [1.82, 2.24) is 5.48 Å². The van der Waals surface area contributed by atoms with E-state index in [1.54, 1.807) is 61.1 Å². The van der Waals surface area contributed by atoms with Crippen LogP contribution in [0, 0.1) is 5.41 Å². The van der Waals surface area contributed by atoms with E-state index in [2.05, 4.69) is 0 Å². The van der Waals surface area contributed by atoms with E-state index in [4.69, 9.17) is 21.1 Å². The molecule has 2 aromatic carbocycles. The van der Waals surface area contributed by atoms with Crippen LogP contribution in [0.25, 0.3) is 5.70 Å². The lowest BCUT2D eigenvalue weighted by Gasteiger charge is -2.14. The van der Waals surface area contributed by atoms with Crippen molar-refractivity contribution in [3.05, 3.63) is 71.3 Å². The molecule has 5 N–H and O–H groups in total. The number of hydrogen-bond donors (Lipinski definition) is 4. The Morgan fingerprint density at radius 2 is 1.75 bits per heavy atom. The predicted octanol–water partition coefficient (Wildman–Crippen LogP) is 2.33. The van der Waals surface area contributed by atoms with Gasteiger partial charge in [-0.1, -0.05) is 30.3 Å². The van der Waals surface area contributed by atoms with Crippen LogP contribution in [0.3, 0.4) is 0 Å². The van der Waals surface area contributed by atoms with Crippen LogP contribution >= 0.6 is 0 Å². The van der Waals surface area contributed by atoms with Gasteiger partial charge in [-0.25, -0.2) is 5.48 Å². The van der Waals surface area contributed by atoms with Crippen LogP contribution in [0.5, 0.6) is 5.75 Å². The van der Waals surface area contributed by atoms with E-state index >= 15 is 0 Å². The number of hydrogen-bond acceptors (Lipinski definition) is 5. The van der Waals surface area contributed by atoms with Crippen molar-refractivity contribution in [1.29, 1.82) is 5.41 Å². The molecule has 2 rings (SSSR count). The lowest BCUT2D eigenvalue weighted by molar-refractivity contribution is -0.128. The van der Waals surface area contributed by atoms with Crippen molar-refractivity contribution >= 4 is 17.3 Å². The normalized spacial score (nSPS) is 11.4. The molecule has 124 valence electrons. The Morgan fingerprint density at radius 1 is 1.12 bits per heavy atom. The highest BCUT2D eigenvalue weighted by Crippen LogP contribution is 2.22. The number of hydroxylamine groups is 1. The zero-order valence-corrected chi connectivity index (χ0v) is 13.2. The predicted molar refractivity (Wildman–Crippen MR) is 91.9 cm³/mol. The van der Waals surface area contributed by atoms with Gasteiger partial charge in [-0.2, -0.15) is 0 Å². The molecule has 2 aromatic rings. The molecule has 0 unspecified atom stereocenters. The van der Waals surface area contributed by atoms with Crippen molar-refractivity contribution in [2.75, 3.05) is 7.11 Å². The Bertz CT molecular complexity index is 753. The first-order valence-electron chi connectivity index (χ1n) is 7.27. The first-order chi connectivity index (χ1) is 11.6. The minimum absolute atomic E-state index is 0.132. The van der Waals surface area contributed by atoms with Gasteiger partial charge in [0.25, 0.3) is 0 Å². The van der Waals surface area contributed by atoms with E-state index in [9.17, 15) is 4.79 Å². The van der Waals surface area contributed by atoms with Gasteiger partial charge >= 0.3 is 0 Å². The summed E-state index contributed by atoms with van der Waals surface area (Å²) in [4.78, 5) is 11.6. The van der Waals surface area contributed by atoms with Crippen molar-refractivity contribution in [2.45, 2.75) is 6.42 Å². The van der Waals surface area contributed by atoms with Crippen LogP contribution < -0.4 is 16.0 Å². The summed E-state index contributed by atoms with van der Waals surface area (Å²) in [6.45, 7) is 0. The van der Waals surface area contributed by atoms with Crippen LogP contribution in [-0.4, -0.2) is 23.9 Å². The average Bonchev–Trinajstić information content (AvgIpc) is 2.65. The van der Waals surface area contributed by atoms with Gasteiger partial charge in [0, 0.05) is 11.3 Å². The third-order valence-electron chi connectivity index (χ3n) is 3.55. The van der Waals surface area contributed by atoms with Crippen LogP contribution in [-0.2, 0) is 4.79 Å². The molecule has 0 saturated carbocycles. The molecule has 0 bridgehead atoms. The van der Waals surface area contributed by atoms with E-state index in [1.807, 2.05) is 6.07 Å². The molecule has 0 atom stereocenters. The maximum atomic E-state index is 11.6. The Hall–Kier alpha value is -3.12. The minimum atomic E-state index is -0.637. The SMILES string of the molecule is COc1ccc(/C(N)=C(\CC(=O)NO)C(=N)c2ccccc2)cc1. The highest BCUT2D eigenvalue weighted by molar-refractivity contribution is 6.16. The molecular formula is C18H19N3O3. The van der Waals surface area contributed by atoms with Gasteiger partial charge in [0.2, 0.25) is 5.91 Å². The number of rotatable bonds is 6. The Balaban J connectivity index is 2.46. The molecule has 24 heavy (non-hydrogen) atoms. The summed E-state index contributed by atoms with van der Waals surface area (Å²) >= 11 is 0. The standard InChI is InChI=1S/C18H19N3O3/c1-24-14-9-7-13(8-10-14)18(20)15(11-16(22)21-23)17(19)12-5-3-2-4-6-12/h2-10,19,23H,11,20H2,1H3,(H,21,22)/b18-15-,19-17?. The number of carbonyl (C=O) groups excluding carboxylic acids is 1. The first-order valence-corrected chi connectivity index (χ1v) is 7.27. The first kappa shape index (κ1) is 17.2. The molecule has 0 aliphatic carbocycles. The summed E-state index contributed by atoms with van der Waals surface area (Å²) in [5.74, 6) is 0.0430. The number of amides is 1. The third-order valence-corrected chi connectivity index (χ3v) is 3.55. The molecule has 0 aliphatic heterocycles. The molecule has 0 spiro atoms. The monoisotopic (exact) mass is 325 g/mol. The van der Waals surface area contributed by atoms with Crippen LogP contribution in [0.4, 0.5) is 0 Å². The number of methoxy groups -OCH3 is 1. The second kappa shape index (κ2) is 7.94. The number of carbonyl (C=O) groups is 1. The highest BCUT2D eigenvalue weighted by Gasteiger charge is 2.17. The average molecular weight is 325 g/mol. The van der Waals surface area contributed by atoms with Crippen molar-refractivity contribution in [3.8, 4) is 5.75 Å². The van der Waals surface area contributed by atoms with E-state index in [0.29, 0.717) is 28.1 Å². The number of benzene rings is 2. The fourth-order valence-corrected chi connectivity index (χ4v) is 2.24. The second-order valence-corrected chi connectivity index (χ2v) is 5.07. The van der Waals surface area contributed by atoms with Crippen LogP contribution in [0.1, 0.15) is 17.5 Å². The molecule has 1 amide bonds. The Kier molecular flexibility index (Phi) is 5.70. The van der Waals surface area contributed by atoms with Gasteiger partial charge in [-0.05, 0) is 35.4 Å². The van der Waals surface area contributed by atoms with E-state index in [-0.39, 0.29) is 12.1 Å². The van der Waals surface area contributed by atoms with Crippen molar-refractivity contribution in [3.63, 3.8) is 0 Å². The fraction of sp³-hybridized carbons (Fsp3) is 0.111. The zero-order valence-electron chi connectivity index (χ0n) is 13.2. The lowest BCUT2D eigenvalue weighted by Crippen LogP contribution is -2.23. The van der Waals surface area contributed by atoms with Gasteiger partial charge in [0.05, 0.1) is 19.2 Å². The van der Waals surface area contributed by atoms with E-state index in [1.165, 1.54) is 0 Å². The molecule has 0 aliphatic rings. The fourth-order valence-electron chi connectivity index (χ4n) is 2.24. The summed E-state index contributed by atoms with van der Waals surface area (Å²) in [7, 11) is 1.57. The quantitative estimate of drug-likeness (QED) is 0.371. The summed E-state index contributed by atoms with van der Waals surface area (Å²) < 4.78 is 5.11. The molecule has 6 heteroatoms. The van der Waals surface area contributed by atoms with Gasteiger partial charge in [-0.15, -0.1) is 0 Å². The minimum Gasteiger partial charge on any atom is -0.497 e. The van der Waals surface area contributed by atoms with Gasteiger partial charge in [-0.3, -0.25) is 15.4 Å². The van der Waals surface area contributed by atoms with E-state index < -0.39 is 5.91 Å². The molecule has 0 fully saturated rings. The third kappa shape index (κ3) is 3.99. The summed E-state index contributed by atoms with van der Waals surface area (Å²) in [6, 6.07) is 16.0.